The van der Waals surface area contributed by atoms with Crippen molar-refractivity contribution in [3.05, 3.63) is 44.6 Å². The van der Waals surface area contributed by atoms with Gasteiger partial charge in [0.2, 0.25) is 6.79 Å². The average molecular weight is 377 g/mol. The van der Waals surface area contributed by atoms with Crippen molar-refractivity contribution in [1.82, 2.24) is 0 Å². The first-order valence-corrected chi connectivity index (χ1v) is 7.85. The van der Waals surface area contributed by atoms with Gasteiger partial charge in [-0.3, -0.25) is 4.79 Å². The number of amides is 1. The standard InChI is InChI=1S/C15H9BrN2O3S/c16-14-4-2-11(22-14)5-9(7-17)15(19)18-10-1-3-12-13(6-10)21-8-20-12/h1-6H,8H2,(H,18,19)/b9-5+. The van der Waals surface area contributed by atoms with Crippen LogP contribution < -0.4 is 14.8 Å². The minimum Gasteiger partial charge on any atom is -0.454 e. The van der Waals surface area contributed by atoms with Gasteiger partial charge >= 0.3 is 0 Å². The van der Waals surface area contributed by atoms with E-state index in [0.717, 1.165) is 8.66 Å². The molecule has 1 aromatic heterocycles. The smallest absolute Gasteiger partial charge is 0.266 e. The number of fused-ring (bicyclic) bond motifs is 1. The largest absolute Gasteiger partial charge is 0.454 e. The summed E-state index contributed by atoms with van der Waals surface area (Å²) in [7, 11) is 0. The third-order valence-corrected chi connectivity index (χ3v) is 4.45. The Morgan fingerprint density at radius 2 is 2.14 bits per heavy atom. The van der Waals surface area contributed by atoms with E-state index in [1.165, 1.54) is 11.3 Å². The summed E-state index contributed by atoms with van der Waals surface area (Å²) in [6.45, 7) is 0.170. The molecule has 0 atom stereocenters. The number of ether oxygens (including phenoxy) is 2. The van der Waals surface area contributed by atoms with Gasteiger partial charge in [-0.2, -0.15) is 5.26 Å². The first kappa shape index (κ1) is 14.6. The number of carbonyl (C=O) groups excluding carboxylic acids is 1. The van der Waals surface area contributed by atoms with Crippen molar-refractivity contribution in [1.29, 1.82) is 5.26 Å². The molecular weight excluding hydrogens is 368 g/mol. The van der Waals surface area contributed by atoms with Gasteiger partial charge in [-0.05, 0) is 46.3 Å². The van der Waals surface area contributed by atoms with Crippen molar-refractivity contribution in [2.24, 2.45) is 0 Å². The predicted octanol–water partition coefficient (Wildman–Crippen LogP) is 3.78. The molecule has 0 fully saturated rings. The van der Waals surface area contributed by atoms with E-state index < -0.39 is 5.91 Å². The maximum Gasteiger partial charge on any atom is 0.266 e. The summed E-state index contributed by atoms with van der Waals surface area (Å²) in [5, 5.41) is 11.8. The zero-order valence-electron chi connectivity index (χ0n) is 11.1. The number of hydrogen-bond acceptors (Lipinski definition) is 5. The summed E-state index contributed by atoms with van der Waals surface area (Å²) >= 11 is 4.79. The second kappa shape index (κ2) is 6.22. The average Bonchev–Trinajstić information content (AvgIpc) is 3.12. The summed E-state index contributed by atoms with van der Waals surface area (Å²) in [5.41, 5.74) is 0.578. The van der Waals surface area contributed by atoms with Gasteiger partial charge in [-0.15, -0.1) is 11.3 Å². The second-order valence-electron chi connectivity index (χ2n) is 4.33. The van der Waals surface area contributed by atoms with E-state index in [4.69, 9.17) is 14.7 Å². The Balaban J connectivity index is 1.78. The highest BCUT2D eigenvalue weighted by Gasteiger charge is 2.15. The Kier molecular flexibility index (Phi) is 4.13. The molecule has 5 nitrogen and oxygen atoms in total. The minimum atomic E-state index is -0.467. The molecule has 1 N–H and O–H groups in total. The molecule has 0 aliphatic carbocycles. The van der Waals surface area contributed by atoms with Crippen LogP contribution in [0, 0.1) is 11.3 Å². The van der Waals surface area contributed by atoms with Crippen LogP contribution in [0.2, 0.25) is 0 Å². The normalized spacial score (nSPS) is 12.8. The lowest BCUT2D eigenvalue weighted by Gasteiger charge is -2.05. The summed E-state index contributed by atoms with van der Waals surface area (Å²) in [6.07, 6.45) is 1.55. The maximum atomic E-state index is 12.2. The van der Waals surface area contributed by atoms with Crippen LogP contribution in [-0.4, -0.2) is 12.7 Å². The van der Waals surface area contributed by atoms with E-state index in [-0.39, 0.29) is 12.4 Å². The first-order chi connectivity index (χ1) is 10.7. The number of benzene rings is 1. The van der Waals surface area contributed by atoms with Crippen molar-refractivity contribution in [3.8, 4) is 17.6 Å². The van der Waals surface area contributed by atoms with Crippen LogP contribution in [-0.2, 0) is 4.79 Å². The van der Waals surface area contributed by atoms with Gasteiger partial charge in [0, 0.05) is 16.6 Å². The van der Waals surface area contributed by atoms with Gasteiger partial charge in [0.05, 0.1) is 3.79 Å². The maximum absolute atomic E-state index is 12.2. The lowest BCUT2D eigenvalue weighted by molar-refractivity contribution is -0.112. The van der Waals surface area contributed by atoms with Crippen LogP contribution >= 0.6 is 27.3 Å². The monoisotopic (exact) mass is 376 g/mol. The van der Waals surface area contributed by atoms with Crippen LogP contribution in [0.5, 0.6) is 11.5 Å². The number of hydrogen-bond donors (Lipinski definition) is 1. The van der Waals surface area contributed by atoms with Crippen molar-refractivity contribution >= 4 is 44.9 Å². The Bertz CT molecular complexity index is 807. The van der Waals surface area contributed by atoms with Gasteiger partial charge in [-0.1, -0.05) is 0 Å². The molecule has 1 aromatic carbocycles. The SMILES string of the molecule is N#C/C(=C\c1ccc(Br)s1)C(=O)Nc1ccc2c(c1)OCO2. The number of anilines is 1. The van der Waals surface area contributed by atoms with Crippen molar-refractivity contribution < 1.29 is 14.3 Å². The summed E-state index contributed by atoms with van der Waals surface area (Å²) < 4.78 is 11.4. The molecule has 1 amide bonds. The Morgan fingerprint density at radius 3 is 2.86 bits per heavy atom. The molecule has 2 heterocycles. The summed E-state index contributed by atoms with van der Waals surface area (Å²) in [6, 6.07) is 10.7. The van der Waals surface area contributed by atoms with Gasteiger partial charge in [0.15, 0.2) is 11.5 Å². The number of rotatable bonds is 3. The fourth-order valence-corrected chi connectivity index (χ4v) is 3.24. The van der Waals surface area contributed by atoms with Crippen LogP contribution in [0.4, 0.5) is 5.69 Å². The van der Waals surface area contributed by atoms with Crippen LogP contribution in [0.1, 0.15) is 4.88 Å². The Labute approximate surface area is 138 Å². The molecule has 0 saturated carbocycles. The molecule has 7 heteroatoms. The molecule has 110 valence electrons. The number of nitrogens with one attached hydrogen (secondary N) is 1. The third kappa shape index (κ3) is 3.13. The summed E-state index contributed by atoms with van der Waals surface area (Å²) in [5.74, 6) is 0.742. The van der Waals surface area contributed by atoms with E-state index >= 15 is 0 Å². The van der Waals surface area contributed by atoms with E-state index in [0.29, 0.717) is 17.2 Å². The number of nitriles is 1. The van der Waals surface area contributed by atoms with Gasteiger partial charge in [0.1, 0.15) is 11.6 Å². The predicted molar refractivity (Wildman–Crippen MR) is 86.8 cm³/mol. The number of nitrogens with zero attached hydrogens (tertiary/aromatic N) is 1. The topological polar surface area (TPSA) is 71.4 Å². The fraction of sp³-hybridized carbons (Fsp3) is 0.0667. The zero-order valence-corrected chi connectivity index (χ0v) is 13.5. The molecule has 0 bridgehead atoms. The van der Waals surface area contributed by atoms with Crippen LogP contribution in [0.15, 0.2) is 39.7 Å². The molecule has 0 radical (unpaired) electrons. The van der Waals surface area contributed by atoms with Gasteiger partial charge in [0.25, 0.3) is 5.91 Å². The van der Waals surface area contributed by atoms with E-state index in [1.54, 1.807) is 24.3 Å². The highest BCUT2D eigenvalue weighted by molar-refractivity contribution is 9.11. The highest BCUT2D eigenvalue weighted by atomic mass is 79.9. The van der Waals surface area contributed by atoms with E-state index in [2.05, 4.69) is 21.2 Å². The molecule has 22 heavy (non-hydrogen) atoms. The van der Waals surface area contributed by atoms with Crippen molar-refractivity contribution in [3.63, 3.8) is 0 Å². The highest BCUT2D eigenvalue weighted by Crippen LogP contribution is 2.34. The Hall–Kier alpha value is -2.30. The van der Waals surface area contributed by atoms with Crippen LogP contribution in [0.25, 0.3) is 6.08 Å². The lowest BCUT2D eigenvalue weighted by Crippen LogP contribution is -2.13. The van der Waals surface area contributed by atoms with E-state index in [9.17, 15) is 4.79 Å². The molecule has 1 aliphatic heterocycles. The molecule has 1 aliphatic rings. The fourth-order valence-electron chi connectivity index (χ4n) is 1.87. The van der Waals surface area contributed by atoms with Crippen LogP contribution in [0.3, 0.4) is 0 Å². The number of thiophene rings is 1. The second-order valence-corrected chi connectivity index (χ2v) is 6.83. The molecule has 0 saturated heterocycles. The molecule has 0 unspecified atom stereocenters. The molecular formula is C15H9BrN2O3S. The minimum absolute atomic E-state index is 0.0343. The zero-order chi connectivity index (χ0) is 15.5. The summed E-state index contributed by atoms with van der Waals surface area (Å²) in [4.78, 5) is 13.0. The Morgan fingerprint density at radius 1 is 1.32 bits per heavy atom. The van der Waals surface area contributed by atoms with E-state index in [1.807, 2.05) is 18.2 Å². The molecule has 0 spiro atoms. The third-order valence-electron chi connectivity index (χ3n) is 2.88. The first-order valence-electron chi connectivity index (χ1n) is 6.24. The number of carbonyl (C=O) groups is 1. The van der Waals surface area contributed by atoms with Crippen molar-refractivity contribution in [2.75, 3.05) is 12.1 Å². The van der Waals surface area contributed by atoms with Gasteiger partial charge < -0.3 is 14.8 Å². The number of halogens is 1. The molecule has 2 aromatic rings. The van der Waals surface area contributed by atoms with Crippen molar-refractivity contribution in [2.45, 2.75) is 0 Å². The molecule has 3 rings (SSSR count). The lowest BCUT2D eigenvalue weighted by atomic mass is 10.2. The van der Waals surface area contributed by atoms with Gasteiger partial charge in [-0.25, -0.2) is 0 Å². The quantitative estimate of drug-likeness (QED) is 0.653.